The third-order valence-electron chi connectivity index (χ3n) is 4.77. The number of nitro groups is 1. The molecule has 0 saturated carbocycles. The second kappa shape index (κ2) is 8.48. The Labute approximate surface area is 186 Å². The number of fused-ring (bicyclic) bond motifs is 1. The fourth-order valence-electron chi connectivity index (χ4n) is 3.24. The molecule has 0 unspecified atom stereocenters. The quantitative estimate of drug-likeness (QED) is 0.247. The van der Waals surface area contributed by atoms with Gasteiger partial charge >= 0.3 is 0 Å². The third-order valence-corrected chi connectivity index (χ3v) is 5.58. The molecule has 5 rings (SSSR count). The van der Waals surface area contributed by atoms with E-state index in [1.807, 2.05) is 66.0 Å². The Hall–Kier alpha value is -4.24. The van der Waals surface area contributed by atoms with Gasteiger partial charge in [0.25, 0.3) is 5.69 Å². The van der Waals surface area contributed by atoms with E-state index in [1.165, 1.54) is 23.6 Å². The first-order valence-corrected chi connectivity index (χ1v) is 10.5. The Bertz CT molecular complexity index is 1380. The van der Waals surface area contributed by atoms with Gasteiger partial charge in [-0.05, 0) is 18.2 Å². The highest BCUT2D eigenvalue weighted by molar-refractivity contribution is 7.07. The van der Waals surface area contributed by atoms with Gasteiger partial charge in [0.2, 0.25) is 11.6 Å². The van der Waals surface area contributed by atoms with Gasteiger partial charge in [-0.3, -0.25) is 10.1 Å². The fourth-order valence-corrected chi connectivity index (χ4v) is 4.09. The Morgan fingerprint density at radius 1 is 1.00 bits per heavy atom. The summed E-state index contributed by atoms with van der Waals surface area (Å²) in [5.74, 6) is 0.798. The standard InChI is InChI=1S/C23H16N4O4S/c28-27(29)19-12-22-21(30-15-31-22)11-17(19)13-24-26-20(16-7-3-1-4-8-16)14-32-23(26)25-18-9-5-2-6-10-18/h1-14H,15H2. The smallest absolute Gasteiger partial charge is 0.282 e. The minimum atomic E-state index is -0.463. The van der Waals surface area contributed by atoms with Crippen LogP contribution in [0.3, 0.4) is 0 Å². The van der Waals surface area contributed by atoms with Crippen molar-refractivity contribution in [3.05, 3.63) is 98.7 Å². The molecule has 0 atom stereocenters. The zero-order valence-electron chi connectivity index (χ0n) is 16.6. The van der Waals surface area contributed by atoms with E-state index in [0.717, 1.165) is 16.9 Å². The van der Waals surface area contributed by atoms with Crippen molar-refractivity contribution in [2.45, 2.75) is 0 Å². The zero-order valence-corrected chi connectivity index (χ0v) is 17.4. The second-order valence-corrected chi connectivity index (χ2v) is 7.63. The SMILES string of the molecule is O=[N+]([O-])c1cc2c(cc1C=Nn1c(-c3ccccc3)csc1=Nc1ccccc1)OCO2. The van der Waals surface area contributed by atoms with E-state index in [9.17, 15) is 10.1 Å². The molecule has 3 aromatic carbocycles. The Kier molecular flexibility index (Phi) is 5.22. The lowest BCUT2D eigenvalue weighted by molar-refractivity contribution is -0.385. The second-order valence-electron chi connectivity index (χ2n) is 6.79. The van der Waals surface area contributed by atoms with Crippen LogP contribution in [-0.4, -0.2) is 22.6 Å². The van der Waals surface area contributed by atoms with E-state index in [0.29, 0.717) is 21.9 Å². The number of rotatable bonds is 5. The van der Waals surface area contributed by atoms with Crippen LogP contribution in [0.4, 0.5) is 11.4 Å². The van der Waals surface area contributed by atoms with Crippen LogP contribution in [0.2, 0.25) is 0 Å². The molecule has 32 heavy (non-hydrogen) atoms. The molecule has 0 amide bonds. The average Bonchev–Trinajstić information content (AvgIpc) is 3.44. The van der Waals surface area contributed by atoms with E-state index in [2.05, 4.69) is 5.10 Å². The molecule has 0 aliphatic carbocycles. The van der Waals surface area contributed by atoms with Crippen molar-refractivity contribution < 1.29 is 14.4 Å². The molecule has 2 heterocycles. The summed E-state index contributed by atoms with van der Waals surface area (Å²) in [6.07, 6.45) is 1.45. The molecule has 4 aromatic rings. The van der Waals surface area contributed by atoms with E-state index in [1.54, 1.807) is 10.7 Å². The highest BCUT2D eigenvalue weighted by Gasteiger charge is 2.22. The van der Waals surface area contributed by atoms with E-state index < -0.39 is 4.92 Å². The summed E-state index contributed by atoms with van der Waals surface area (Å²) in [7, 11) is 0. The molecule has 0 bridgehead atoms. The van der Waals surface area contributed by atoms with Crippen molar-refractivity contribution >= 4 is 28.9 Å². The zero-order chi connectivity index (χ0) is 21.9. The van der Waals surface area contributed by atoms with Gasteiger partial charge in [0, 0.05) is 10.9 Å². The Morgan fingerprint density at radius 2 is 1.69 bits per heavy atom. The maximum atomic E-state index is 11.6. The van der Waals surface area contributed by atoms with Gasteiger partial charge in [0.1, 0.15) is 0 Å². The first kappa shape index (κ1) is 19.7. The number of hydrogen-bond donors (Lipinski definition) is 0. The molecule has 0 saturated heterocycles. The molecular formula is C23H16N4O4S. The van der Waals surface area contributed by atoms with Gasteiger partial charge in [-0.15, -0.1) is 11.3 Å². The maximum absolute atomic E-state index is 11.6. The van der Waals surface area contributed by atoms with Crippen molar-refractivity contribution in [3.63, 3.8) is 0 Å². The topological polar surface area (TPSA) is 91.2 Å². The molecule has 0 fully saturated rings. The molecule has 1 aliphatic heterocycles. The number of nitrogens with zero attached hydrogens (tertiary/aromatic N) is 4. The Morgan fingerprint density at radius 3 is 2.41 bits per heavy atom. The predicted molar refractivity (Wildman–Crippen MR) is 122 cm³/mol. The lowest BCUT2D eigenvalue weighted by Gasteiger charge is -2.04. The predicted octanol–water partition coefficient (Wildman–Crippen LogP) is 4.97. The van der Waals surface area contributed by atoms with Gasteiger partial charge in [0.15, 0.2) is 11.5 Å². The van der Waals surface area contributed by atoms with Crippen molar-refractivity contribution in [3.8, 4) is 22.8 Å². The number of benzene rings is 3. The number of ether oxygens (including phenoxy) is 2. The fraction of sp³-hybridized carbons (Fsp3) is 0.0435. The van der Waals surface area contributed by atoms with Crippen molar-refractivity contribution in [2.75, 3.05) is 6.79 Å². The summed E-state index contributed by atoms with van der Waals surface area (Å²) in [5.41, 5.74) is 2.76. The van der Waals surface area contributed by atoms with E-state index in [-0.39, 0.29) is 12.5 Å². The molecule has 1 aromatic heterocycles. The number of aromatic nitrogens is 1. The third kappa shape index (κ3) is 3.88. The number of thiazole rings is 1. The summed E-state index contributed by atoms with van der Waals surface area (Å²) < 4.78 is 12.3. The van der Waals surface area contributed by atoms with Crippen LogP contribution in [0.15, 0.2) is 88.3 Å². The normalized spacial score (nSPS) is 13.1. The molecule has 0 N–H and O–H groups in total. The molecular weight excluding hydrogens is 428 g/mol. The van der Waals surface area contributed by atoms with Crippen LogP contribution in [-0.2, 0) is 0 Å². The molecule has 0 spiro atoms. The highest BCUT2D eigenvalue weighted by Crippen LogP contribution is 2.37. The lowest BCUT2D eigenvalue weighted by Crippen LogP contribution is -2.11. The first-order valence-electron chi connectivity index (χ1n) is 9.67. The molecule has 158 valence electrons. The van der Waals surface area contributed by atoms with Crippen molar-refractivity contribution in [1.82, 2.24) is 4.68 Å². The maximum Gasteiger partial charge on any atom is 0.282 e. The van der Waals surface area contributed by atoms with E-state index in [4.69, 9.17) is 14.5 Å². The highest BCUT2D eigenvalue weighted by atomic mass is 32.1. The van der Waals surface area contributed by atoms with Gasteiger partial charge in [0.05, 0.1) is 34.1 Å². The molecule has 9 heteroatoms. The Balaban J connectivity index is 1.65. The summed E-state index contributed by atoms with van der Waals surface area (Å²) in [6, 6.07) is 22.2. The van der Waals surface area contributed by atoms with E-state index >= 15 is 0 Å². The minimum absolute atomic E-state index is 0.0324. The summed E-state index contributed by atoms with van der Waals surface area (Å²) in [6.45, 7) is 0.0324. The van der Waals surface area contributed by atoms with Gasteiger partial charge in [-0.1, -0.05) is 48.5 Å². The van der Waals surface area contributed by atoms with Gasteiger partial charge < -0.3 is 9.47 Å². The largest absolute Gasteiger partial charge is 0.454 e. The van der Waals surface area contributed by atoms with Crippen LogP contribution >= 0.6 is 11.3 Å². The van der Waals surface area contributed by atoms with Gasteiger partial charge in [-0.25, -0.2) is 9.67 Å². The molecule has 1 aliphatic rings. The summed E-state index contributed by atoms with van der Waals surface area (Å²) in [5, 5.41) is 18.1. The number of nitro benzene ring substituents is 1. The van der Waals surface area contributed by atoms with Crippen molar-refractivity contribution in [2.24, 2.45) is 10.1 Å². The number of hydrogen-bond acceptors (Lipinski definition) is 7. The summed E-state index contributed by atoms with van der Waals surface area (Å²) in [4.78, 5) is 16.5. The minimum Gasteiger partial charge on any atom is -0.454 e. The lowest BCUT2D eigenvalue weighted by atomic mass is 10.1. The molecule has 8 nitrogen and oxygen atoms in total. The first-order chi connectivity index (χ1) is 15.7. The summed E-state index contributed by atoms with van der Waals surface area (Å²) >= 11 is 1.44. The van der Waals surface area contributed by atoms with Gasteiger partial charge in [-0.2, -0.15) is 5.10 Å². The van der Waals surface area contributed by atoms with Crippen LogP contribution < -0.4 is 14.3 Å². The van der Waals surface area contributed by atoms with Crippen LogP contribution in [0.25, 0.3) is 11.3 Å². The average molecular weight is 444 g/mol. The number of para-hydroxylation sites is 1. The monoisotopic (exact) mass is 444 g/mol. The van der Waals surface area contributed by atoms with Crippen LogP contribution in [0, 0.1) is 10.1 Å². The molecule has 0 radical (unpaired) electrons. The van der Waals surface area contributed by atoms with Crippen LogP contribution in [0.1, 0.15) is 5.56 Å². The van der Waals surface area contributed by atoms with Crippen LogP contribution in [0.5, 0.6) is 11.5 Å². The van der Waals surface area contributed by atoms with Crippen molar-refractivity contribution in [1.29, 1.82) is 0 Å².